The van der Waals surface area contributed by atoms with Gasteiger partial charge in [-0.2, -0.15) is 0 Å². The third kappa shape index (κ3) is 7.24. The van der Waals surface area contributed by atoms with Crippen LogP contribution in [0.1, 0.15) is 20.8 Å². The molecule has 0 unspecified atom stereocenters. The molecule has 96 valence electrons. The summed E-state index contributed by atoms with van der Waals surface area (Å²) in [5.41, 5.74) is 1.85. The molecule has 0 amide bonds. The zero-order chi connectivity index (χ0) is 13.5. The van der Waals surface area contributed by atoms with E-state index in [1.165, 1.54) is 6.07 Å². The number of carbonyl (C=O) groups excluding carboxylic acids is 1. The predicted molar refractivity (Wildman–Crippen MR) is 61.1 cm³/mol. The van der Waals surface area contributed by atoms with E-state index < -0.39 is 11.6 Å². The molecule has 0 spiro atoms. The fraction of sp³-hybridized carbons (Fsp3) is 0.364. The van der Waals surface area contributed by atoms with Crippen LogP contribution in [0.25, 0.3) is 0 Å². The van der Waals surface area contributed by atoms with Crippen LogP contribution in [0.15, 0.2) is 18.2 Å². The molecule has 0 bridgehead atoms. The molecule has 0 aliphatic carbocycles. The minimum absolute atomic E-state index is 0.0846. The summed E-state index contributed by atoms with van der Waals surface area (Å²) in [6.07, 6.45) is 0. The van der Waals surface area contributed by atoms with Gasteiger partial charge in [-0.05, 0) is 32.9 Å². The summed E-state index contributed by atoms with van der Waals surface area (Å²) in [6.45, 7) is 5.92. The van der Waals surface area contributed by atoms with Crippen molar-refractivity contribution in [2.24, 2.45) is 5.84 Å². The number of hydrogen-bond donors (Lipinski definition) is 2. The fourth-order valence-corrected chi connectivity index (χ4v) is 0.751. The number of hydrogen-bond acceptors (Lipinski definition) is 4. The number of benzene rings is 1. The second kappa shape index (κ2) is 6.80. The zero-order valence-electron chi connectivity index (χ0n) is 9.96. The Labute approximate surface area is 98.7 Å². The average molecular weight is 246 g/mol. The van der Waals surface area contributed by atoms with Gasteiger partial charge in [0.15, 0.2) is 5.82 Å². The maximum atomic E-state index is 12.5. The van der Waals surface area contributed by atoms with E-state index >= 15 is 0 Å². The van der Waals surface area contributed by atoms with Crippen molar-refractivity contribution in [3.63, 3.8) is 0 Å². The lowest BCUT2D eigenvalue weighted by Crippen LogP contribution is -2.17. The third-order valence-electron chi connectivity index (χ3n) is 1.49. The maximum Gasteiger partial charge on any atom is 0.293 e. The van der Waals surface area contributed by atoms with Crippen LogP contribution in [-0.4, -0.2) is 12.1 Å². The molecule has 0 aliphatic rings. The molecular weight excluding hydrogens is 230 g/mol. The number of halogens is 2. The highest BCUT2D eigenvalue weighted by atomic mass is 19.1. The lowest BCUT2D eigenvalue weighted by atomic mass is 10.2. The van der Waals surface area contributed by atoms with Gasteiger partial charge in [-0.3, -0.25) is 10.6 Å². The standard InChI is InChI=1S/C6H6F2N2.C5H10O2/c7-4-1-2-6(10-9)5(8)3-4;1-5(2,3)7-4-6/h1-3,10H,9H2;4H,1-3H3. The lowest BCUT2D eigenvalue weighted by Gasteiger charge is -2.14. The van der Waals surface area contributed by atoms with Crippen LogP contribution in [0.5, 0.6) is 0 Å². The van der Waals surface area contributed by atoms with E-state index in [1.807, 2.05) is 20.8 Å². The van der Waals surface area contributed by atoms with Gasteiger partial charge >= 0.3 is 0 Å². The molecule has 6 heteroatoms. The highest BCUT2D eigenvalue weighted by molar-refractivity contribution is 5.43. The van der Waals surface area contributed by atoms with Gasteiger partial charge in [-0.1, -0.05) is 0 Å². The van der Waals surface area contributed by atoms with E-state index in [2.05, 4.69) is 10.2 Å². The molecule has 0 radical (unpaired) electrons. The first-order valence-corrected chi connectivity index (χ1v) is 4.83. The molecule has 0 heterocycles. The first-order chi connectivity index (χ1) is 7.80. The van der Waals surface area contributed by atoms with Crippen molar-refractivity contribution < 1.29 is 18.3 Å². The molecule has 1 aromatic carbocycles. The summed E-state index contributed by atoms with van der Waals surface area (Å²) in [4.78, 5) is 9.60. The van der Waals surface area contributed by atoms with Gasteiger partial charge in [0.25, 0.3) is 6.47 Å². The van der Waals surface area contributed by atoms with E-state index in [0.717, 1.165) is 12.1 Å². The number of hydrazine groups is 1. The monoisotopic (exact) mass is 246 g/mol. The largest absolute Gasteiger partial charge is 0.462 e. The molecule has 0 atom stereocenters. The van der Waals surface area contributed by atoms with Gasteiger partial charge in [0.2, 0.25) is 0 Å². The topological polar surface area (TPSA) is 64.3 Å². The van der Waals surface area contributed by atoms with Gasteiger partial charge < -0.3 is 10.2 Å². The van der Waals surface area contributed by atoms with E-state index in [1.54, 1.807) is 0 Å². The number of nitrogens with two attached hydrogens (primary N) is 1. The van der Waals surface area contributed by atoms with Crippen LogP contribution >= 0.6 is 0 Å². The SMILES string of the molecule is CC(C)(C)OC=O.NNc1ccc(F)cc1F. The number of nitrogens with one attached hydrogen (secondary N) is 1. The minimum Gasteiger partial charge on any atom is -0.462 e. The molecular formula is C11H16F2N2O2. The van der Waals surface area contributed by atoms with Crippen molar-refractivity contribution in [2.45, 2.75) is 26.4 Å². The minimum atomic E-state index is -0.692. The average Bonchev–Trinajstić information content (AvgIpc) is 2.16. The normalized spacial score (nSPS) is 10.0. The number of rotatable bonds is 2. The first kappa shape index (κ1) is 15.3. The second-order valence-electron chi connectivity index (χ2n) is 4.09. The van der Waals surface area contributed by atoms with E-state index in [0.29, 0.717) is 6.47 Å². The molecule has 0 saturated carbocycles. The quantitative estimate of drug-likeness (QED) is 0.477. The highest BCUT2D eigenvalue weighted by Crippen LogP contribution is 2.12. The van der Waals surface area contributed by atoms with Gasteiger partial charge in [0.05, 0.1) is 5.69 Å². The van der Waals surface area contributed by atoms with Crippen LogP contribution in [0, 0.1) is 11.6 Å². The molecule has 1 aromatic rings. The van der Waals surface area contributed by atoms with Gasteiger partial charge in [0, 0.05) is 6.07 Å². The summed E-state index contributed by atoms with van der Waals surface area (Å²) in [7, 11) is 0. The summed E-state index contributed by atoms with van der Waals surface area (Å²) in [6, 6.07) is 3.11. The Morgan fingerprint density at radius 2 is 1.94 bits per heavy atom. The molecule has 0 aliphatic heterocycles. The summed E-state index contributed by atoms with van der Waals surface area (Å²) >= 11 is 0. The summed E-state index contributed by atoms with van der Waals surface area (Å²) in [5, 5.41) is 0. The Hall–Kier alpha value is -1.69. The first-order valence-electron chi connectivity index (χ1n) is 4.83. The van der Waals surface area contributed by atoms with Crippen LogP contribution in [0.3, 0.4) is 0 Å². The zero-order valence-corrected chi connectivity index (χ0v) is 9.96. The van der Waals surface area contributed by atoms with Crippen LogP contribution in [0.4, 0.5) is 14.5 Å². The third-order valence-corrected chi connectivity index (χ3v) is 1.49. The van der Waals surface area contributed by atoms with Gasteiger partial charge in [-0.25, -0.2) is 8.78 Å². The molecule has 4 nitrogen and oxygen atoms in total. The number of ether oxygens (including phenoxy) is 1. The summed E-state index contributed by atoms with van der Waals surface area (Å²) in [5.74, 6) is 3.58. The van der Waals surface area contributed by atoms with Crippen molar-refractivity contribution in [2.75, 3.05) is 5.43 Å². The van der Waals surface area contributed by atoms with E-state index in [9.17, 15) is 13.6 Å². The van der Waals surface area contributed by atoms with Crippen LogP contribution in [0.2, 0.25) is 0 Å². The highest BCUT2D eigenvalue weighted by Gasteiger charge is 2.07. The van der Waals surface area contributed by atoms with Crippen LogP contribution in [-0.2, 0) is 9.53 Å². The predicted octanol–water partition coefficient (Wildman–Crippen LogP) is 2.21. The Kier molecular flexibility index (Phi) is 6.12. The molecule has 0 fully saturated rings. The molecule has 1 rings (SSSR count). The lowest BCUT2D eigenvalue weighted by molar-refractivity contribution is -0.138. The van der Waals surface area contributed by atoms with E-state index in [-0.39, 0.29) is 11.3 Å². The molecule has 0 saturated heterocycles. The van der Waals surface area contributed by atoms with Gasteiger partial charge in [-0.15, -0.1) is 0 Å². The van der Waals surface area contributed by atoms with Crippen molar-refractivity contribution in [1.29, 1.82) is 0 Å². The van der Waals surface area contributed by atoms with Crippen molar-refractivity contribution in [1.82, 2.24) is 0 Å². The number of carbonyl (C=O) groups is 1. The Bertz CT molecular complexity index is 365. The molecule has 0 aromatic heterocycles. The van der Waals surface area contributed by atoms with Crippen molar-refractivity contribution in [3.8, 4) is 0 Å². The molecule has 17 heavy (non-hydrogen) atoms. The number of anilines is 1. The van der Waals surface area contributed by atoms with E-state index in [4.69, 9.17) is 5.84 Å². The smallest absolute Gasteiger partial charge is 0.293 e. The summed E-state index contributed by atoms with van der Waals surface area (Å²) < 4.78 is 29.2. The van der Waals surface area contributed by atoms with Gasteiger partial charge in [0.1, 0.15) is 11.4 Å². The Morgan fingerprint density at radius 3 is 2.24 bits per heavy atom. The van der Waals surface area contributed by atoms with Crippen molar-refractivity contribution in [3.05, 3.63) is 29.8 Å². The fourth-order valence-electron chi connectivity index (χ4n) is 0.751. The second-order valence-corrected chi connectivity index (χ2v) is 4.09. The maximum absolute atomic E-state index is 12.5. The molecule has 3 N–H and O–H groups in total. The van der Waals surface area contributed by atoms with Crippen LogP contribution < -0.4 is 11.3 Å². The Morgan fingerprint density at radius 1 is 1.35 bits per heavy atom. The Balaban J connectivity index is 0.000000325. The van der Waals surface area contributed by atoms with Crippen molar-refractivity contribution >= 4 is 12.2 Å². The number of nitrogen functional groups attached to an aromatic ring is 1.